The zero-order valence-electron chi connectivity index (χ0n) is 25.3. The molecule has 4 aromatic rings. The van der Waals surface area contributed by atoms with Crippen molar-refractivity contribution < 1.29 is 19.4 Å². The summed E-state index contributed by atoms with van der Waals surface area (Å²) in [6.45, 7) is 4.28. The molecule has 230 valence electrons. The van der Waals surface area contributed by atoms with Crippen LogP contribution in [0.2, 0.25) is 0 Å². The molecule has 2 atom stereocenters. The third kappa shape index (κ3) is 5.86. The van der Waals surface area contributed by atoms with E-state index < -0.39 is 5.60 Å². The van der Waals surface area contributed by atoms with Crippen molar-refractivity contribution in [3.05, 3.63) is 94.7 Å². The Morgan fingerprint density at radius 2 is 1.80 bits per heavy atom. The lowest BCUT2D eigenvalue weighted by atomic mass is 9.79. The molecule has 2 aromatic heterocycles. The van der Waals surface area contributed by atoms with Crippen molar-refractivity contribution in [2.24, 2.45) is 13.0 Å². The van der Waals surface area contributed by atoms with Crippen molar-refractivity contribution >= 4 is 22.8 Å². The number of benzene rings is 2. The number of fused-ring (bicyclic) bond motifs is 1. The molecule has 2 aliphatic heterocycles. The predicted octanol–water partition coefficient (Wildman–Crippen LogP) is 3.43. The number of amides is 2. The highest BCUT2D eigenvalue weighted by atomic mass is 16.5. The lowest BCUT2D eigenvalue weighted by Gasteiger charge is -2.43. The molecule has 44 heavy (non-hydrogen) atoms. The lowest BCUT2D eigenvalue weighted by Crippen LogP contribution is -2.53. The quantitative estimate of drug-likeness (QED) is 0.350. The van der Waals surface area contributed by atoms with Gasteiger partial charge in [0.15, 0.2) is 0 Å². The number of hydrogen-bond acceptors (Lipinski definition) is 6. The highest BCUT2D eigenvalue weighted by Gasteiger charge is 2.41. The van der Waals surface area contributed by atoms with Crippen LogP contribution in [0.25, 0.3) is 11.0 Å². The largest absolute Gasteiger partial charge is 0.494 e. The first-order valence-corrected chi connectivity index (χ1v) is 15.3. The Bertz CT molecular complexity index is 1710. The van der Waals surface area contributed by atoms with Gasteiger partial charge in [0.05, 0.1) is 24.1 Å². The molecule has 4 heterocycles. The molecule has 0 saturated carbocycles. The average molecular weight is 598 g/mol. The van der Waals surface area contributed by atoms with E-state index in [-0.39, 0.29) is 35.8 Å². The minimum atomic E-state index is -1.12. The molecule has 2 aliphatic rings. The maximum absolute atomic E-state index is 14.0. The highest BCUT2D eigenvalue weighted by Crippen LogP contribution is 2.36. The molecule has 0 aliphatic carbocycles. The van der Waals surface area contributed by atoms with Crippen LogP contribution in [0.15, 0.2) is 78.0 Å². The number of carbonyl (C=O) groups excluding carboxylic acids is 2. The van der Waals surface area contributed by atoms with Gasteiger partial charge in [-0.2, -0.15) is 0 Å². The molecule has 0 bridgehead atoms. The molecule has 6 rings (SSSR count). The second kappa shape index (κ2) is 12.3. The van der Waals surface area contributed by atoms with Gasteiger partial charge in [0.1, 0.15) is 17.7 Å². The Balaban J connectivity index is 1.15. The fourth-order valence-corrected chi connectivity index (χ4v) is 6.68. The van der Waals surface area contributed by atoms with E-state index in [1.807, 2.05) is 66.2 Å². The van der Waals surface area contributed by atoms with Crippen LogP contribution in [0, 0.1) is 5.92 Å². The fraction of sp³-hybridized carbons (Fsp3) is 0.412. The van der Waals surface area contributed by atoms with Crippen LogP contribution < -0.4 is 10.3 Å². The summed E-state index contributed by atoms with van der Waals surface area (Å²) in [4.78, 5) is 48.7. The number of carbonyl (C=O) groups is 2. The van der Waals surface area contributed by atoms with Gasteiger partial charge in [-0.05, 0) is 56.0 Å². The molecule has 10 heteroatoms. The van der Waals surface area contributed by atoms with Crippen LogP contribution in [0.1, 0.15) is 48.0 Å². The van der Waals surface area contributed by atoms with Crippen molar-refractivity contribution in [3.63, 3.8) is 0 Å². The van der Waals surface area contributed by atoms with Crippen molar-refractivity contribution in [3.8, 4) is 5.75 Å². The van der Waals surface area contributed by atoms with Gasteiger partial charge in [-0.3, -0.25) is 19.0 Å². The number of aromatic nitrogens is 3. The third-order valence-electron chi connectivity index (χ3n) is 9.16. The molecule has 1 N–H and O–H groups in total. The summed E-state index contributed by atoms with van der Waals surface area (Å²) in [6.07, 6.45) is 4.56. The van der Waals surface area contributed by atoms with Crippen LogP contribution >= 0.6 is 0 Å². The number of piperidine rings is 2. The van der Waals surface area contributed by atoms with Crippen molar-refractivity contribution in [1.29, 1.82) is 0 Å². The molecule has 2 fully saturated rings. The number of likely N-dealkylation sites (tertiary alicyclic amines) is 2. The molecule has 0 radical (unpaired) electrons. The van der Waals surface area contributed by atoms with Gasteiger partial charge in [-0.1, -0.05) is 36.4 Å². The van der Waals surface area contributed by atoms with E-state index in [2.05, 4.69) is 4.98 Å². The van der Waals surface area contributed by atoms with Crippen LogP contribution in [0.3, 0.4) is 0 Å². The average Bonchev–Trinajstić information content (AvgIpc) is 3.43. The Morgan fingerprint density at radius 3 is 2.55 bits per heavy atom. The van der Waals surface area contributed by atoms with Crippen molar-refractivity contribution in [2.75, 3.05) is 32.8 Å². The number of nitrogens with zero attached hydrogens (tertiary/aromatic N) is 5. The summed E-state index contributed by atoms with van der Waals surface area (Å²) >= 11 is 0. The number of hydrogen-bond donors (Lipinski definition) is 1. The van der Waals surface area contributed by atoms with E-state index in [0.717, 1.165) is 5.56 Å². The minimum Gasteiger partial charge on any atom is -0.494 e. The number of ether oxygens (including phenoxy) is 1. The molecule has 0 unspecified atom stereocenters. The fourth-order valence-electron chi connectivity index (χ4n) is 6.68. The number of aryl methyl sites for hydroxylation is 1. The SMILES string of the molecule is CCOc1cccc(C(=O)N2CC[C@@H](C(=O)N3CCC(O)(Cn4cnc5c(ccn5C)c4=O)CC3)[C@H](c3ccccc3)C2)c1. The minimum absolute atomic E-state index is 0.0517. The van der Waals surface area contributed by atoms with E-state index in [4.69, 9.17) is 4.74 Å². The zero-order valence-corrected chi connectivity index (χ0v) is 25.3. The van der Waals surface area contributed by atoms with Gasteiger partial charge >= 0.3 is 0 Å². The highest BCUT2D eigenvalue weighted by molar-refractivity contribution is 5.95. The van der Waals surface area contributed by atoms with Crippen molar-refractivity contribution in [2.45, 2.75) is 44.2 Å². The van der Waals surface area contributed by atoms with Crippen LogP contribution in [0.5, 0.6) is 5.75 Å². The molecular weight excluding hydrogens is 558 g/mol. The first kappa shape index (κ1) is 29.6. The van der Waals surface area contributed by atoms with Gasteiger partial charge in [0.25, 0.3) is 11.5 Å². The summed E-state index contributed by atoms with van der Waals surface area (Å²) in [5.41, 5.74) is 0.916. The van der Waals surface area contributed by atoms with E-state index in [1.54, 1.807) is 29.0 Å². The van der Waals surface area contributed by atoms with Crippen LogP contribution in [-0.4, -0.2) is 79.2 Å². The zero-order chi connectivity index (χ0) is 30.8. The van der Waals surface area contributed by atoms with Crippen LogP contribution in [-0.2, 0) is 18.4 Å². The Labute approximate surface area is 256 Å². The molecule has 2 amide bonds. The maximum Gasteiger partial charge on any atom is 0.262 e. The molecule has 0 spiro atoms. The maximum atomic E-state index is 14.0. The summed E-state index contributed by atoms with van der Waals surface area (Å²) in [6, 6.07) is 18.9. The first-order chi connectivity index (χ1) is 21.3. The van der Waals surface area contributed by atoms with Crippen LogP contribution in [0.4, 0.5) is 0 Å². The molecule has 10 nitrogen and oxygen atoms in total. The standard InChI is InChI=1S/C34H39N5O5/c1-3-44-26-11-7-10-25(20-26)31(40)38-17-13-27(29(21-38)24-8-5-4-6-9-24)32(41)37-18-14-34(43,15-19-37)22-39-23-35-30-28(33(39)42)12-16-36(30)2/h4-12,16,20,23,27,29,43H,3,13-15,17-19,21-22H2,1-2H3/t27-,29+/m1/s1. The van der Waals surface area contributed by atoms with E-state index >= 15 is 0 Å². The van der Waals surface area contributed by atoms with Gasteiger partial charge in [-0.15, -0.1) is 0 Å². The third-order valence-corrected chi connectivity index (χ3v) is 9.16. The van der Waals surface area contributed by atoms with E-state index in [0.29, 0.717) is 74.4 Å². The Morgan fingerprint density at radius 1 is 1.02 bits per heavy atom. The topological polar surface area (TPSA) is 110 Å². The molecule has 2 aromatic carbocycles. The second-order valence-corrected chi connectivity index (χ2v) is 12.0. The van der Waals surface area contributed by atoms with Crippen molar-refractivity contribution in [1.82, 2.24) is 23.9 Å². The summed E-state index contributed by atoms with van der Waals surface area (Å²) in [7, 11) is 1.84. The van der Waals surface area contributed by atoms with Gasteiger partial charge in [0.2, 0.25) is 5.91 Å². The van der Waals surface area contributed by atoms with E-state index in [9.17, 15) is 19.5 Å². The van der Waals surface area contributed by atoms with Gasteiger partial charge in [-0.25, -0.2) is 4.98 Å². The van der Waals surface area contributed by atoms with E-state index in [1.165, 1.54) is 10.9 Å². The molecule has 2 saturated heterocycles. The van der Waals surface area contributed by atoms with Gasteiger partial charge < -0.3 is 24.2 Å². The van der Waals surface area contributed by atoms with Gasteiger partial charge in [0, 0.05) is 56.8 Å². The number of aliphatic hydroxyl groups is 1. The smallest absolute Gasteiger partial charge is 0.262 e. The second-order valence-electron chi connectivity index (χ2n) is 12.0. The summed E-state index contributed by atoms with van der Waals surface area (Å²) in [5, 5.41) is 12.0. The monoisotopic (exact) mass is 597 g/mol. The normalized spacial score (nSPS) is 20.1. The predicted molar refractivity (Wildman–Crippen MR) is 167 cm³/mol. The Hall–Kier alpha value is -4.44. The Kier molecular flexibility index (Phi) is 8.27. The molecular formula is C34H39N5O5. The summed E-state index contributed by atoms with van der Waals surface area (Å²) in [5.74, 6) is 0.208. The first-order valence-electron chi connectivity index (χ1n) is 15.3. The summed E-state index contributed by atoms with van der Waals surface area (Å²) < 4.78 is 8.87. The number of rotatable bonds is 7. The lowest BCUT2D eigenvalue weighted by molar-refractivity contribution is -0.142.